The molecule has 0 saturated heterocycles. The predicted octanol–water partition coefficient (Wildman–Crippen LogP) is 2.25. The van der Waals surface area contributed by atoms with Crippen LogP contribution in [0.25, 0.3) is 0 Å². The minimum atomic E-state index is -0.243. The van der Waals surface area contributed by atoms with E-state index in [0.29, 0.717) is 13.1 Å². The van der Waals surface area contributed by atoms with Crippen LogP contribution in [-0.2, 0) is 19.7 Å². The number of benzene rings is 1. The molecule has 0 saturated carbocycles. The SMILES string of the molecule is Cc1nc(CNC(=O)NCc2ccccc2CO)c(C)s1. The lowest BCUT2D eigenvalue weighted by atomic mass is 10.1. The number of aliphatic hydroxyl groups is 1. The second-order valence-corrected chi connectivity index (χ2v) is 6.11. The molecule has 0 bridgehead atoms. The zero-order valence-electron chi connectivity index (χ0n) is 12.1. The van der Waals surface area contributed by atoms with Gasteiger partial charge in [-0.1, -0.05) is 24.3 Å². The number of hydrogen-bond acceptors (Lipinski definition) is 4. The Hall–Kier alpha value is -1.92. The van der Waals surface area contributed by atoms with Crippen molar-refractivity contribution in [2.24, 2.45) is 0 Å². The number of rotatable bonds is 5. The van der Waals surface area contributed by atoms with Gasteiger partial charge in [0.15, 0.2) is 0 Å². The van der Waals surface area contributed by atoms with Gasteiger partial charge in [-0.05, 0) is 25.0 Å². The molecule has 1 aromatic carbocycles. The van der Waals surface area contributed by atoms with Gasteiger partial charge < -0.3 is 15.7 Å². The summed E-state index contributed by atoms with van der Waals surface area (Å²) in [5.74, 6) is 0. The minimum absolute atomic E-state index is 0.0310. The molecule has 0 radical (unpaired) electrons. The van der Waals surface area contributed by atoms with Crippen molar-refractivity contribution in [3.05, 3.63) is 51.0 Å². The van der Waals surface area contributed by atoms with Gasteiger partial charge in [0.1, 0.15) is 0 Å². The van der Waals surface area contributed by atoms with Gasteiger partial charge in [0, 0.05) is 11.4 Å². The van der Waals surface area contributed by atoms with E-state index in [0.717, 1.165) is 26.7 Å². The number of aryl methyl sites for hydroxylation is 2. The highest BCUT2D eigenvalue weighted by Gasteiger charge is 2.07. The number of aliphatic hydroxyl groups excluding tert-OH is 1. The normalized spacial score (nSPS) is 10.4. The topological polar surface area (TPSA) is 74.2 Å². The summed E-state index contributed by atoms with van der Waals surface area (Å²) in [4.78, 5) is 17.3. The molecule has 0 fully saturated rings. The average Bonchev–Trinajstić information content (AvgIpc) is 2.81. The van der Waals surface area contributed by atoms with Gasteiger partial charge in [-0.15, -0.1) is 11.3 Å². The summed E-state index contributed by atoms with van der Waals surface area (Å²) in [5.41, 5.74) is 2.64. The van der Waals surface area contributed by atoms with Crippen LogP contribution in [0.5, 0.6) is 0 Å². The van der Waals surface area contributed by atoms with Crippen LogP contribution in [0.15, 0.2) is 24.3 Å². The Kier molecular flexibility index (Phi) is 5.30. The summed E-state index contributed by atoms with van der Waals surface area (Å²) in [6.45, 7) is 4.72. The van der Waals surface area contributed by atoms with Crippen LogP contribution in [0.1, 0.15) is 26.7 Å². The van der Waals surface area contributed by atoms with Crippen LogP contribution in [0.4, 0.5) is 4.79 Å². The van der Waals surface area contributed by atoms with Gasteiger partial charge in [-0.25, -0.2) is 9.78 Å². The van der Waals surface area contributed by atoms with Crippen LogP contribution >= 0.6 is 11.3 Å². The Bertz CT molecular complexity index is 625. The molecule has 0 aliphatic heterocycles. The van der Waals surface area contributed by atoms with E-state index in [-0.39, 0.29) is 12.6 Å². The van der Waals surface area contributed by atoms with E-state index >= 15 is 0 Å². The van der Waals surface area contributed by atoms with Crippen LogP contribution in [0.2, 0.25) is 0 Å². The molecule has 0 aliphatic rings. The smallest absolute Gasteiger partial charge is 0.315 e. The number of amides is 2. The third-order valence-electron chi connectivity index (χ3n) is 3.14. The molecule has 5 nitrogen and oxygen atoms in total. The highest BCUT2D eigenvalue weighted by molar-refractivity contribution is 7.11. The Labute approximate surface area is 128 Å². The van der Waals surface area contributed by atoms with Crippen LogP contribution in [-0.4, -0.2) is 16.1 Å². The van der Waals surface area contributed by atoms with E-state index in [4.69, 9.17) is 0 Å². The van der Waals surface area contributed by atoms with Crippen molar-refractivity contribution in [2.45, 2.75) is 33.5 Å². The van der Waals surface area contributed by atoms with Gasteiger partial charge >= 0.3 is 6.03 Å². The van der Waals surface area contributed by atoms with Crippen molar-refractivity contribution >= 4 is 17.4 Å². The fourth-order valence-electron chi connectivity index (χ4n) is 2.02. The van der Waals surface area contributed by atoms with Crippen LogP contribution in [0.3, 0.4) is 0 Å². The van der Waals surface area contributed by atoms with Gasteiger partial charge in [0.25, 0.3) is 0 Å². The Balaban J connectivity index is 1.84. The van der Waals surface area contributed by atoms with Gasteiger partial charge in [0.2, 0.25) is 0 Å². The van der Waals surface area contributed by atoms with Crippen molar-refractivity contribution in [3.8, 4) is 0 Å². The number of aromatic nitrogens is 1. The van der Waals surface area contributed by atoms with E-state index in [1.807, 2.05) is 38.1 Å². The molecule has 2 amide bonds. The summed E-state index contributed by atoms with van der Waals surface area (Å²) in [6, 6.07) is 7.24. The first-order valence-electron chi connectivity index (χ1n) is 6.72. The van der Waals surface area contributed by atoms with Crippen molar-refractivity contribution in [2.75, 3.05) is 0 Å². The molecule has 2 aromatic rings. The van der Waals surface area contributed by atoms with Crippen molar-refractivity contribution in [1.29, 1.82) is 0 Å². The molecule has 6 heteroatoms. The number of nitrogens with one attached hydrogen (secondary N) is 2. The number of urea groups is 1. The number of hydrogen-bond donors (Lipinski definition) is 3. The number of carbonyl (C=O) groups excluding carboxylic acids is 1. The van der Waals surface area contributed by atoms with Crippen molar-refractivity contribution < 1.29 is 9.90 Å². The summed E-state index contributed by atoms with van der Waals surface area (Å²) in [5, 5.41) is 15.8. The van der Waals surface area contributed by atoms with E-state index in [2.05, 4.69) is 15.6 Å². The highest BCUT2D eigenvalue weighted by Crippen LogP contribution is 2.15. The highest BCUT2D eigenvalue weighted by atomic mass is 32.1. The lowest BCUT2D eigenvalue weighted by Gasteiger charge is -2.09. The maximum atomic E-state index is 11.8. The average molecular weight is 305 g/mol. The monoisotopic (exact) mass is 305 g/mol. The van der Waals surface area contributed by atoms with Gasteiger partial charge in [0.05, 0.1) is 23.9 Å². The number of thiazole rings is 1. The first-order chi connectivity index (χ1) is 10.1. The van der Waals surface area contributed by atoms with E-state index < -0.39 is 0 Å². The Morgan fingerprint density at radius 2 is 1.86 bits per heavy atom. The molecule has 0 aliphatic carbocycles. The molecule has 2 rings (SSSR count). The minimum Gasteiger partial charge on any atom is -0.392 e. The second-order valence-electron chi connectivity index (χ2n) is 4.70. The first kappa shape index (κ1) is 15.5. The number of carbonyl (C=O) groups is 1. The zero-order chi connectivity index (χ0) is 15.2. The second kappa shape index (κ2) is 7.19. The van der Waals surface area contributed by atoms with Gasteiger partial charge in [-0.3, -0.25) is 0 Å². The fraction of sp³-hybridized carbons (Fsp3) is 0.333. The lowest BCUT2D eigenvalue weighted by molar-refractivity contribution is 0.239. The largest absolute Gasteiger partial charge is 0.392 e. The van der Waals surface area contributed by atoms with E-state index in [1.54, 1.807) is 11.3 Å². The molecule has 3 N–H and O–H groups in total. The quantitative estimate of drug-likeness (QED) is 0.793. The van der Waals surface area contributed by atoms with E-state index in [1.165, 1.54) is 0 Å². The molecule has 21 heavy (non-hydrogen) atoms. The molecule has 0 atom stereocenters. The molecular formula is C15H19N3O2S. The molecule has 1 heterocycles. The fourth-order valence-corrected chi connectivity index (χ4v) is 2.86. The first-order valence-corrected chi connectivity index (χ1v) is 7.54. The molecule has 0 unspecified atom stereocenters. The van der Waals surface area contributed by atoms with Crippen LogP contribution < -0.4 is 10.6 Å². The summed E-state index contributed by atoms with van der Waals surface area (Å²) < 4.78 is 0. The third-order valence-corrected chi connectivity index (χ3v) is 4.07. The van der Waals surface area contributed by atoms with Crippen LogP contribution in [0, 0.1) is 13.8 Å². The molecule has 0 spiro atoms. The number of nitrogens with zero attached hydrogens (tertiary/aromatic N) is 1. The molecule has 1 aromatic heterocycles. The Morgan fingerprint density at radius 1 is 1.19 bits per heavy atom. The zero-order valence-corrected chi connectivity index (χ0v) is 13.0. The van der Waals surface area contributed by atoms with Crippen molar-refractivity contribution in [3.63, 3.8) is 0 Å². The summed E-state index contributed by atoms with van der Waals surface area (Å²) in [7, 11) is 0. The molecular weight excluding hydrogens is 286 g/mol. The molecule has 112 valence electrons. The van der Waals surface area contributed by atoms with E-state index in [9.17, 15) is 9.90 Å². The lowest BCUT2D eigenvalue weighted by Crippen LogP contribution is -2.35. The summed E-state index contributed by atoms with van der Waals surface area (Å²) >= 11 is 1.63. The Morgan fingerprint density at radius 3 is 2.48 bits per heavy atom. The maximum absolute atomic E-state index is 11.8. The standard InChI is InChI=1S/C15H19N3O2S/c1-10-14(18-11(2)21-10)8-17-15(20)16-7-12-5-3-4-6-13(12)9-19/h3-6,19H,7-9H2,1-2H3,(H2,16,17,20). The predicted molar refractivity (Wildman–Crippen MR) is 83.0 cm³/mol. The third kappa shape index (κ3) is 4.27. The maximum Gasteiger partial charge on any atom is 0.315 e. The summed E-state index contributed by atoms with van der Waals surface area (Å²) in [6.07, 6.45) is 0. The van der Waals surface area contributed by atoms with Gasteiger partial charge in [-0.2, -0.15) is 0 Å². The van der Waals surface area contributed by atoms with Crippen molar-refractivity contribution in [1.82, 2.24) is 15.6 Å².